The molecule has 1 aromatic heterocycles. The monoisotopic (exact) mass is 227 g/mol. The number of pyridine rings is 1. The van der Waals surface area contributed by atoms with E-state index in [4.69, 9.17) is 0 Å². The lowest BCUT2D eigenvalue weighted by atomic mass is 10.2. The second kappa shape index (κ2) is 4.37. The largest absolute Gasteiger partial charge is 0.293 e. The molecule has 2 rings (SSSR count). The van der Waals surface area contributed by atoms with Crippen molar-refractivity contribution in [3.8, 4) is 5.69 Å². The Morgan fingerprint density at radius 3 is 2.35 bits per heavy atom. The fraction of sp³-hybridized carbons (Fsp3) is 0.143. The number of carbonyl (C=O) groups excluding carboxylic acids is 1. The van der Waals surface area contributed by atoms with E-state index in [1.54, 1.807) is 6.07 Å². The molecule has 1 aromatic carbocycles. The van der Waals surface area contributed by atoms with Gasteiger partial charge in [0.2, 0.25) is 0 Å². The molecule has 17 heavy (non-hydrogen) atoms. The lowest BCUT2D eigenvalue weighted by Crippen LogP contribution is -2.23. The van der Waals surface area contributed by atoms with Crippen molar-refractivity contribution in [2.45, 2.75) is 13.8 Å². The van der Waals surface area contributed by atoms with Crippen LogP contribution < -0.4 is 5.56 Å². The summed E-state index contributed by atoms with van der Waals surface area (Å²) in [7, 11) is 0. The first-order valence-electron chi connectivity index (χ1n) is 5.39. The fourth-order valence-electron chi connectivity index (χ4n) is 1.80. The lowest BCUT2D eigenvalue weighted by molar-refractivity contribution is 0.101. The number of carbonyl (C=O) groups is 1. The average Bonchev–Trinajstić information content (AvgIpc) is 2.29. The predicted molar refractivity (Wildman–Crippen MR) is 66.8 cm³/mol. The maximum absolute atomic E-state index is 12.0. The minimum Gasteiger partial charge on any atom is -0.293 e. The average molecular weight is 227 g/mol. The molecule has 0 amide bonds. The van der Waals surface area contributed by atoms with Crippen molar-refractivity contribution in [2.75, 3.05) is 0 Å². The zero-order chi connectivity index (χ0) is 12.4. The first-order valence-corrected chi connectivity index (χ1v) is 5.39. The van der Waals surface area contributed by atoms with Crippen molar-refractivity contribution in [1.29, 1.82) is 0 Å². The number of para-hydroxylation sites is 1. The third-order valence-electron chi connectivity index (χ3n) is 2.55. The van der Waals surface area contributed by atoms with E-state index in [1.165, 1.54) is 17.6 Å². The summed E-state index contributed by atoms with van der Waals surface area (Å²) in [5.74, 6) is -0.116. The molecule has 0 aliphatic carbocycles. The first-order chi connectivity index (χ1) is 8.09. The highest BCUT2D eigenvalue weighted by molar-refractivity contribution is 5.93. The van der Waals surface area contributed by atoms with E-state index >= 15 is 0 Å². The minimum atomic E-state index is -0.179. The molecule has 86 valence electrons. The van der Waals surface area contributed by atoms with Crippen molar-refractivity contribution >= 4 is 5.78 Å². The maximum atomic E-state index is 12.0. The van der Waals surface area contributed by atoms with E-state index in [0.717, 1.165) is 5.56 Å². The van der Waals surface area contributed by atoms with Crippen molar-refractivity contribution < 1.29 is 4.79 Å². The topological polar surface area (TPSA) is 39.1 Å². The predicted octanol–water partition coefficient (Wildman–Crippen LogP) is 2.35. The van der Waals surface area contributed by atoms with Crippen LogP contribution in [-0.2, 0) is 0 Å². The number of benzene rings is 1. The smallest absolute Gasteiger partial charge is 0.255 e. The molecular formula is C14H13NO2. The van der Waals surface area contributed by atoms with E-state index in [0.29, 0.717) is 11.4 Å². The number of hydrogen-bond acceptors (Lipinski definition) is 2. The summed E-state index contributed by atoms with van der Waals surface area (Å²) < 4.78 is 1.44. The van der Waals surface area contributed by atoms with E-state index in [1.807, 2.05) is 37.3 Å². The summed E-state index contributed by atoms with van der Waals surface area (Å²) in [4.78, 5) is 23.6. The Kier molecular flexibility index (Phi) is 2.91. The number of ketones is 1. The number of aryl methyl sites for hydroxylation is 1. The molecule has 1 heterocycles. The highest BCUT2D eigenvalue weighted by Crippen LogP contribution is 2.10. The second-order valence-electron chi connectivity index (χ2n) is 3.98. The van der Waals surface area contributed by atoms with Gasteiger partial charge < -0.3 is 0 Å². The van der Waals surface area contributed by atoms with Gasteiger partial charge in [-0.3, -0.25) is 14.2 Å². The molecule has 0 N–H and O–H groups in total. The summed E-state index contributed by atoms with van der Waals surface area (Å²) in [6.45, 7) is 3.27. The van der Waals surface area contributed by atoms with E-state index in [9.17, 15) is 9.59 Å². The van der Waals surface area contributed by atoms with Crippen molar-refractivity contribution in [3.63, 3.8) is 0 Å². The van der Waals surface area contributed by atoms with Crippen molar-refractivity contribution in [1.82, 2.24) is 4.57 Å². The van der Waals surface area contributed by atoms with Gasteiger partial charge in [0, 0.05) is 18.7 Å². The van der Waals surface area contributed by atoms with Crippen LogP contribution in [0.25, 0.3) is 5.69 Å². The normalized spacial score (nSPS) is 10.2. The third kappa shape index (κ3) is 2.18. The molecule has 3 nitrogen and oxygen atoms in total. The third-order valence-corrected chi connectivity index (χ3v) is 2.55. The van der Waals surface area contributed by atoms with Gasteiger partial charge in [-0.25, -0.2) is 0 Å². The molecule has 0 bridgehead atoms. The molecule has 0 aliphatic rings. The Hall–Kier alpha value is -2.16. The molecule has 2 aromatic rings. The SMILES string of the molecule is CC(=O)c1cc(C)cc(=O)n1-c1ccccc1. The molecule has 0 aliphatic heterocycles. The van der Waals surface area contributed by atoms with Crippen LogP contribution in [0.2, 0.25) is 0 Å². The van der Waals surface area contributed by atoms with E-state index in [2.05, 4.69) is 0 Å². The summed E-state index contributed by atoms with van der Waals surface area (Å²) in [6.07, 6.45) is 0. The second-order valence-corrected chi connectivity index (χ2v) is 3.98. The molecular weight excluding hydrogens is 214 g/mol. The number of hydrogen-bond donors (Lipinski definition) is 0. The maximum Gasteiger partial charge on any atom is 0.255 e. The number of rotatable bonds is 2. The van der Waals surface area contributed by atoms with E-state index < -0.39 is 0 Å². The van der Waals surface area contributed by atoms with Crippen LogP contribution in [0.3, 0.4) is 0 Å². The fourth-order valence-corrected chi connectivity index (χ4v) is 1.80. The van der Waals surface area contributed by atoms with Crippen LogP contribution in [0.5, 0.6) is 0 Å². The quantitative estimate of drug-likeness (QED) is 0.739. The summed E-state index contributed by atoms with van der Waals surface area (Å²) in [5.41, 5.74) is 1.75. The zero-order valence-corrected chi connectivity index (χ0v) is 9.81. The molecule has 0 fully saturated rings. The lowest BCUT2D eigenvalue weighted by Gasteiger charge is -2.11. The summed E-state index contributed by atoms with van der Waals surface area (Å²) >= 11 is 0. The van der Waals surface area contributed by atoms with Gasteiger partial charge in [0.15, 0.2) is 5.78 Å². The van der Waals surface area contributed by atoms with Gasteiger partial charge in [-0.15, -0.1) is 0 Å². The molecule has 0 spiro atoms. The molecule has 0 radical (unpaired) electrons. The summed E-state index contributed by atoms with van der Waals surface area (Å²) in [6, 6.07) is 12.4. The van der Waals surface area contributed by atoms with Crippen LogP contribution in [0, 0.1) is 6.92 Å². The Labute approximate surface area is 99.3 Å². The van der Waals surface area contributed by atoms with Gasteiger partial charge in [0.1, 0.15) is 0 Å². The van der Waals surface area contributed by atoms with Gasteiger partial charge in [0.05, 0.1) is 5.69 Å². The van der Waals surface area contributed by atoms with Gasteiger partial charge in [-0.2, -0.15) is 0 Å². The molecule has 3 heteroatoms. The zero-order valence-electron chi connectivity index (χ0n) is 9.81. The van der Waals surface area contributed by atoms with Gasteiger partial charge >= 0.3 is 0 Å². The first kappa shape index (κ1) is 11.3. The van der Waals surface area contributed by atoms with Gasteiger partial charge in [0.25, 0.3) is 5.56 Å². The van der Waals surface area contributed by atoms with Crippen LogP contribution in [0.15, 0.2) is 47.3 Å². The number of aromatic nitrogens is 1. The van der Waals surface area contributed by atoms with Crippen LogP contribution in [0.1, 0.15) is 23.0 Å². The van der Waals surface area contributed by atoms with Crippen molar-refractivity contribution in [3.05, 3.63) is 64.1 Å². The van der Waals surface area contributed by atoms with Gasteiger partial charge in [-0.05, 0) is 30.7 Å². The molecule has 0 saturated heterocycles. The standard InChI is InChI=1S/C14H13NO2/c1-10-8-13(11(2)16)15(14(17)9-10)12-6-4-3-5-7-12/h3-9H,1-2H3. The van der Waals surface area contributed by atoms with Crippen LogP contribution >= 0.6 is 0 Å². The highest BCUT2D eigenvalue weighted by atomic mass is 16.1. The molecule has 0 atom stereocenters. The Bertz CT molecular complexity index is 612. The number of nitrogens with zero attached hydrogens (tertiary/aromatic N) is 1. The van der Waals surface area contributed by atoms with E-state index in [-0.39, 0.29) is 11.3 Å². The molecule has 0 saturated carbocycles. The van der Waals surface area contributed by atoms with Crippen molar-refractivity contribution in [2.24, 2.45) is 0 Å². The highest BCUT2D eigenvalue weighted by Gasteiger charge is 2.10. The minimum absolute atomic E-state index is 0.116. The summed E-state index contributed by atoms with van der Waals surface area (Å²) in [5, 5.41) is 0. The van der Waals surface area contributed by atoms with Crippen LogP contribution in [0.4, 0.5) is 0 Å². The Morgan fingerprint density at radius 2 is 1.76 bits per heavy atom. The van der Waals surface area contributed by atoms with Gasteiger partial charge in [-0.1, -0.05) is 18.2 Å². The van der Waals surface area contributed by atoms with Crippen LogP contribution in [-0.4, -0.2) is 10.4 Å². The Morgan fingerprint density at radius 1 is 1.12 bits per heavy atom. The number of Topliss-reactive ketones (excluding diaryl/α,β-unsaturated/α-hetero) is 1. The Balaban J connectivity index is 2.77. The molecule has 0 unspecified atom stereocenters.